The summed E-state index contributed by atoms with van der Waals surface area (Å²) in [7, 11) is 0. The molecule has 0 bridgehead atoms. The van der Waals surface area contributed by atoms with Crippen LogP contribution >= 0.6 is 0 Å². The summed E-state index contributed by atoms with van der Waals surface area (Å²) in [6.07, 6.45) is 9.32. The highest BCUT2D eigenvalue weighted by atomic mass is 16.1. The standard InChI is InChI=1S/C16H17N5O/c22-16(13-11-18-14-3-1-2-6-21(13)14)19-10-12-4-7-20-8-5-17-15(20)9-12/h1-3,5-6,8,11-12H,4,7,9-10H2,(H,19,22). The molecule has 1 atom stereocenters. The second-order valence-electron chi connectivity index (χ2n) is 5.68. The van der Waals surface area contributed by atoms with Crippen molar-refractivity contribution in [3.05, 3.63) is 54.5 Å². The lowest BCUT2D eigenvalue weighted by molar-refractivity contribution is 0.0938. The van der Waals surface area contributed by atoms with Gasteiger partial charge in [-0.05, 0) is 24.5 Å². The molecule has 3 aromatic heterocycles. The molecule has 1 aliphatic heterocycles. The van der Waals surface area contributed by atoms with Gasteiger partial charge in [-0.2, -0.15) is 0 Å². The molecule has 3 aromatic rings. The summed E-state index contributed by atoms with van der Waals surface area (Å²) >= 11 is 0. The predicted molar refractivity (Wildman–Crippen MR) is 81.6 cm³/mol. The zero-order chi connectivity index (χ0) is 14.9. The number of aromatic nitrogens is 4. The van der Waals surface area contributed by atoms with E-state index in [1.165, 1.54) is 0 Å². The molecule has 0 saturated heterocycles. The van der Waals surface area contributed by atoms with Gasteiger partial charge in [0, 0.05) is 38.1 Å². The maximum atomic E-state index is 12.4. The van der Waals surface area contributed by atoms with Gasteiger partial charge >= 0.3 is 0 Å². The van der Waals surface area contributed by atoms with E-state index in [0.29, 0.717) is 18.2 Å². The highest BCUT2D eigenvalue weighted by Gasteiger charge is 2.20. The average Bonchev–Trinajstić information content (AvgIpc) is 3.18. The van der Waals surface area contributed by atoms with E-state index in [1.807, 2.05) is 41.2 Å². The van der Waals surface area contributed by atoms with E-state index in [1.54, 1.807) is 6.20 Å². The number of hydrogen-bond donors (Lipinski definition) is 1. The zero-order valence-electron chi connectivity index (χ0n) is 12.1. The molecule has 0 fully saturated rings. The van der Waals surface area contributed by atoms with Crippen molar-refractivity contribution in [3.63, 3.8) is 0 Å². The molecule has 0 aromatic carbocycles. The Morgan fingerprint density at radius 3 is 3.23 bits per heavy atom. The van der Waals surface area contributed by atoms with Crippen molar-refractivity contribution in [2.24, 2.45) is 5.92 Å². The topological polar surface area (TPSA) is 64.2 Å². The van der Waals surface area contributed by atoms with Crippen LogP contribution in [0.3, 0.4) is 0 Å². The summed E-state index contributed by atoms with van der Waals surface area (Å²) in [5.41, 5.74) is 1.36. The van der Waals surface area contributed by atoms with Gasteiger partial charge in [-0.15, -0.1) is 0 Å². The Hall–Kier alpha value is -2.63. The van der Waals surface area contributed by atoms with Crippen LogP contribution in [-0.4, -0.2) is 31.4 Å². The Morgan fingerprint density at radius 2 is 2.27 bits per heavy atom. The van der Waals surface area contributed by atoms with E-state index in [4.69, 9.17) is 0 Å². The minimum Gasteiger partial charge on any atom is -0.350 e. The molecule has 0 saturated carbocycles. The van der Waals surface area contributed by atoms with E-state index in [2.05, 4.69) is 19.9 Å². The number of aryl methyl sites for hydroxylation is 1. The molecule has 1 unspecified atom stereocenters. The van der Waals surface area contributed by atoms with Gasteiger partial charge < -0.3 is 9.88 Å². The van der Waals surface area contributed by atoms with Crippen molar-refractivity contribution in [3.8, 4) is 0 Å². The van der Waals surface area contributed by atoms with Gasteiger partial charge in [0.15, 0.2) is 0 Å². The molecular formula is C16H17N5O. The number of nitrogens with one attached hydrogen (secondary N) is 1. The Morgan fingerprint density at radius 1 is 1.32 bits per heavy atom. The summed E-state index contributed by atoms with van der Waals surface area (Å²) in [6.45, 7) is 1.65. The van der Waals surface area contributed by atoms with Gasteiger partial charge in [0.1, 0.15) is 17.2 Å². The maximum absolute atomic E-state index is 12.4. The Bertz CT molecular complexity index is 819. The lowest BCUT2D eigenvalue weighted by Crippen LogP contribution is -2.33. The Balaban J connectivity index is 1.43. The smallest absolute Gasteiger partial charge is 0.269 e. The van der Waals surface area contributed by atoms with Gasteiger partial charge in [-0.25, -0.2) is 9.97 Å². The van der Waals surface area contributed by atoms with E-state index in [9.17, 15) is 4.79 Å². The third-order valence-electron chi connectivity index (χ3n) is 4.25. The van der Waals surface area contributed by atoms with E-state index < -0.39 is 0 Å². The lowest BCUT2D eigenvalue weighted by Gasteiger charge is -2.23. The van der Waals surface area contributed by atoms with Crippen LogP contribution in [0.2, 0.25) is 0 Å². The first-order valence-electron chi connectivity index (χ1n) is 7.51. The first-order valence-corrected chi connectivity index (χ1v) is 7.51. The highest BCUT2D eigenvalue weighted by Crippen LogP contribution is 2.18. The third-order valence-corrected chi connectivity index (χ3v) is 4.25. The number of imidazole rings is 2. The number of fused-ring (bicyclic) bond motifs is 2. The molecule has 1 N–H and O–H groups in total. The molecule has 22 heavy (non-hydrogen) atoms. The molecule has 0 spiro atoms. The number of nitrogens with zero attached hydrogens (tertiary/aromatic N) is 4. The fraction of sp³-hybridized carbons (Fsp3) is 0.312. The monoisotopic (exact) mass is 295 g/mol. The zero-order valence-corrected chi connectivity index (χ0v) is 12.1. The largest absolute Gasteiger partial charge is 0.350 e. The van der Waals surface area contributed by atoms with E-state index >= 15 is 0 Å². The van der Waals surface area contributed by atoms with Gasteiger partial charge in [0.25, 0.3) is 5.91 Å². The summed E-state index contributed by atoms with van der Waals surface area (Å²) in [6, 6.07) is 5.69. The molecular weight excluding hydrogens is 278 g/mol. The number of carbonyl (C=O) groups is 1. The van der Waals surface area contributed by atoms with Crippen LogP contribution in [0.25, 0.3) is 5.65 Å². The number of carbonyl (C=O) groups excluding carboxylic acids is 1. The van der Waals surface area contributed by atoms with Gasteiger partial charge in [0.05, 0.1) is 6.20 Å². The maximum Gasteiger partial charge on any atom is 0.269 e. The van der Waals surface area contributed by atoms with Crippen LogP contribution in [-0.2, 0) is 13.0 Å². The number of pyridine rings is 1. The summed E-state index contributed by atoms with van der Waals surface area (Å²) in [4.78, 5) is 21.0. The summed E-state index contributed by atoms with van der Waals surface area (Å²) in [5.74, 6) is 1.48. The van der Waals surface area contributed by atoms with Crippen molar-refractivity contribution in [2.75, 3.05) is 6.54 Å². The fourth-order valence-electron chi connectivity index (χ4n) is 3.02. The highest BCUT2D eigenvalue weighted by molar-refractivity contribution is 5.93. The predicted octanol–water partition coefficient (Wildman–Crippen LogP) is 1.52. The third kappa shape index (κ3) is 2.26. The van der Waals surface area contributed by atoms with Crippen molar-refractivity contribution in [1.82, 2.24) is 24.3 Å². The van der Waals surface area contributed by atoms with Gasteiger partial charge in [-0.1, -0.05) is 6.07 Å². The second kappa shape index (κ2) is 5.29. The van der Waals surface area contributed by atoms with Crippen molar-refractivity contribution >= 4 is 11.6 Å². The molecule has 0 aliphatic carbocycles. The van der Waals surface area contributed by atoms with Gasteiger partial charge in [-0.3, -0.25) is 9.20 Å². The average molecular weight is 295 g/mol. The van der Waals surface area contributed by atoms with Crippen LogP contribution in [0.5, 0.6) is 0 Å². The normalized spacial score (nSPS) is 17.4. The fourth-order valence-corrected chi connectivity index (χ4v) is 3.02. The number of rotatable bonds is 3. The lowest BCUT2D eigenvalue weighted by atomic mass is 9.98. The number of hydrogen-bond acceptors (Lipinski definition) is 3. The van der Waals surface area contributed by atoms with E-state index in [0.717, 1.165) is 30.9 Å². The van der Waals surface area contributed by atoms with Crippen molar-refractivity contribution in [2.45, 2.75) is 19.4 Å². The molecule has 6 nitrogen and oxygen atoms in total. The van der Waals surface area contributed by atoms with E-state index in [-0.39, 0.29) is 5.91 Å². The van der Waals surface area contributed by atoms with Crippen LogP contribution in [0, 0.1) is 5.92 Å². The number of amides is 1. The molecule has 6 heteroatoms. The molecule has 4 rings (SSSR count). The van der Waals surface area contributed by atoms with Crippen molar-refractivity contribution < 1.29 is 4.79 Å². The summed E-state index contributed by atoms with van der Waals surface area (Å²) in [5, 5.41) is 3.03. The van der Waals surface area contributed by atoms with Crippen LogP contribution in [0.15, 0.2) is 43.0 Å². The second-order valence-corrected chi connectivity index (χ2v) is 5.68. The first kappa shape index (κ1) is 13.1. The van der Waals surface area contributed by atoms with Crippen LogP contribution in [0.1, 0.15) is 22.7 Å². The SMILES string of the molecule is O=C(NCC1CCn2ccnc2C1)c1cnc2ccccn12. The quantitative estimate of drug-likeness (QED) is 0.797. The van der Waals surface area contributed by atoms with Gasteiger partial charge in [0.2, 0.25) is 0 Å². The minimum absolute atomic E-state index is 0.0763. The first-order chi connectivity index (χ1) is 10.8. The molecule has 1 amide bonds. The van der Waals surface area contributed by atoms with Crippen LogP contribution in [0.4, 0.5) is 0 Å². The minimum atomic E-state index is -0.0763. The molecule has 1 aliphatic rings. The summed E-state index contributed by atoms with van der Waals surface area (Å²) < 4.78 is 3.99. The van der Waals surface area contributed by atoms with Crippen LogP contribution < -0.4 is 5.32 Å². The molecule has 4 heterocycles. The molecule has 0 radical (unpaired) electrons. The Labute approximate surface area is 127 Å². The Kier molecular flexibility index (Phi) is 3.14. The molecule has 112 valence electrons. The van der Waals surface area contributed by atoms with Crippen molar-refractivity contribution in [1.29, 1.82) is 0 Å².